The number of ketones is 1. The molecule has 1 aliphatic heterocycles. The third-order valence-corrected chi connectivity index (χ3v) is 5.67. The van der Waals surface area contributed by atoms with Gasteiger partial charge in [-0.2, -0.15) is 0 Å². The number of aliphatic hydroxyl groups is 1. The molecule has 1 atom stereocenters. The summed E-state index contributed by atoms with van der Waals surface area (Å²) in [5.74, 6) is -2.30. The molecule has 0 spiro atoms. The minimum Gasteiger partial charge on any atom is -0.507 e. The van der Waals surface area contributed by atoms with Gasteiger partial charge in [0.15, 0.2) is 0 Å². The number of amides is 1. The molecule has 3 heterocycles. The topological polar surface area (TPSA) is 109 Å². The Morgan fingerprint density at radius 1 is 1.24 bits per heavy atom. The van der Waals surface area contributed by atoms with Gasteiger partial charge in [-0.05, 0) is 48.5 Å². The Hall–Kier alpha value is -4.11. The highest BCUT2D eigenvalue weighted by atomic mass is 35.5. The van der Waals surface area contributed by atoms with Crippen LogP contribution in [0.25, 0.3) is 16.8 Å². The molecular formula is C23H15ClFN3O5. The third kappa shape index (κ3) is 3.33. The number of hydrogen-bond donors (Lipinski definition) is 2. The number of rotatable bonds is 4. The van der Waals surface area contributed by atoms with Gasteiger partial charge >= 0.3 is 5.91 Å². The van der Waals surface area contributed by atoms with E-state index in [9.17, 15) is 19.1 Å². The Morgan fingerprint density at radius 2 is 2.06 bits per heavy atom. The molecule has 1 fully saturated rings. The molecule has 1 unspecified atom stereocenters. The average molecular weight is 468 g/mol. The molecule has 4 aromatic rings. The Labute approximate surface area is 190 Å². The number of ether oxygens (including phenoxy) is 1. The third-order valence-electron chi connectivity index (χ3n) is 5.35. The van der Waals surface area contributed by atoms with Crippen LogP contribution in [0, 0.1) is 5.82 Å². The first kappa shape index (κ1) is 20.8. The lowest BCUT2D eigenvalue weighted by atomic mass is 9.99. The molecule has 0 bridgehead atoms. The number of aliphatic hydroxyl groups excluding tert-OH is 1. The van der Waals surface area contributed by atoms with Crippen LogP contribution in [-0.2, 0) is 9.59 Å². The molecule has 0 aliphatic carbocycles. The van der Waals surface area contributed by atoms with Gasteiger partial charge in [-0.15, -0.1) is 0 Å². The second-order valence-corrected chi connectivity index (χ2v) is 7.66. The number of H-pyrrole nitrogens is 1. The number of benzene rings is 2. The molecule has 10 heteroatoms. The zero-order chi connectivity index (χ0) is 23.3. The van der Waals surface area contributed by atoms with Gasteiger partial charge in [0.25, 0.3) is 5.78 Å². The van der Waals surface area contributed by atoms with Crippen LogP contribution in [0.5, 0.6) is 5.75 Å². The lowest BCUT2D eigenvalue weighted by molar-refractivity contribution is -0.132. The maximum absolute atomic E-state index is 13.7. The zero-order valence-corrected chi connectivity index (χ0v) is 17.8. The van der Waals surface area contributed by atoms with Crippen molar-refractivity contribution in [3.05, 3.63) is 82.5 Å². The van der Waals surface area contributed by atoms with Crippen LogP contribution >= 0.6 is 11.6 Å². The number of hydrogen-bond acceptors (Lipinski definition) is 6. The van der Waals surface area contributed by atoms with Gasteiger partial charge in [0.1, 0.15) is 29.1 Å². The maximum Gasteiger partial charge on any atom is 0.302 e. The molecule has 1 aliphatic rings. The molecule has 0 saturated carbocycles. The lowest BCUT2D eigenvalue weighted by Gasteiger charge is -2.20. The van der Waals surface area contributed by atoms with E-state index in [2.05, 4.69) is 9.97 Å². The number of nitrogens with zero attached hydrogens (tertiary/aromatic N) is 2. The van der Waals surface area contributed by atoms with Gasteiger partial charge in [0.05, 0.1) is 35.0 Å². The Kier molecular flexibility index (Phi) is 4.90. The minimum atomic E-state index is -1.15. The average Bonchev–Trinajstić information content (AvgIpc) is 3.52. The summed E-state index contributed by atoms with van der Waals surface area (Å²) in [5.41, 5.74) is 0.595. The second kappa shape index (κ2) is 7.79. The number of carbonyl (C=O) groups excluding carboxylic acids is 2. The SMILES string of the molecule is COc1ccc(Cl)c(/C(O)=C2\C(=O)C(=O)N(c3nc4ccc(F)cc4[nH]3)C2c2ccco2)c1. The number of anilines is 1. The van der Waals surface area contributed by atoms with Crippen LogP contribution in [0.3, 0.4) is 0 Å². The highest BCUT2D eigenvalue weighted by molar-refractivity contribution is 6.51. The van der Waals surface area contributed by atoms with E-state index >= 15 is 0 Å². The van der Waals surface area contributed by atoms with E-state index in [4.69, 9.17) is 20.8 Å². The summed E-state index contributed by atoms with van der Waals surface area (Å²) in [6, 6.07) is 10.4. The predicted octanol–water partition coefficient (Wildman–Crippen LogP) is 4.58. The Balaban J connectivity index is 1.73. The van der Waals surface area contributed by atoms with E-state index in [-0.39, 0.29) is 27.9 Å². The van der Waals surface area contributed by atoms with Gasteiger partial charge in [0.2, 0.25) is 5.95 Å². The fraction of sp³-hybridized carbons (Fsp3) is 0.0870. The van der Waals surface area contributed by atoms with Crippen molar-refractivity contribution in [1.29, 1.82) is 0 Å². The maximum atomic E-state index is 13.7. The molecule has 0 radical (unpaired) electrons. The summed E-state index contributed by atoms with van der Waals surface area (Å²) >= 11 is 6.27. The van der Waals surface area contributed by atoms with Crippen molar-refractivity contribution in [2.24, 2.45) is 0 Å². The van der Waals surface area contributed by atoms with Crippen LogP contribution < -0.4 is 9.64 Å². The number of fused-ring (bicyclic) bond motifs is 1. The molecule has 1 saturated heterocycles. The van der Waals surface area contributed by atoms with Crippen LogP contribution in [-0.4, -0.2) is 33.9 Å². The van der Waals surface area contributed by atoms with Crippen molar-refractivity contribution in [2.45, 2.75) is 6.04 Å². The van der Waals surface area contributed by atoms with Crippen LogP contribution in [0.4, 0.5) is 10.3 Å². The molecule has 33 heavy (non-hydrogen) atoms. The van der Waals surface area contributed by atoms with Crippen LogP contribution in [0.15, 0.2) is 64.8 Å². The lowest BCUT2D eigenvalue weighted by Crippen LogP contribution is -2.30. The number of Topliss-reactive ketones (excluding diaryl/α,β-unsaturated/α-hetero) is 1. The molecule has 166 valence electrons. The Morgan fingerprint density at radius 3 is 2.79 bits per heavy atom. The number of imidazole rings is 1. The van der Waals surface area contributed by atoms with Crippen molar-refractivity contribution >= 4 is 46.0 Å². The predicted molar refractivity (Wildman–Crippen MR) is 118 cm³/mol. The van der Waals surface area contributed by atoms with E-state index in [0.29, 0.717) is 16.8 Å². The normalized spacial score (nSPS) is 17.8. The van der Waals surface area contributed by atoms with Crippen LogP contribution in [0.2, 0.25) is 5.02 Å². The standard InChI is InChI=1S/C23H15ClFN3O5/c1-32-12-5-6-14(24)13(10-12)20(29)18-19(17-3-2-8-33-17)28(22(31)21(18)30)23-26-15-7-4-11(25)9-16(15)27-23/h2-10,19,29H,1H3,(H,26,27)/b20-18+. The molecular weight excluding hydrogens is 453 g/mol. The van der Waals surface area contributed by atoms with Crippen molar-refractivity contribution in [3.8, 4) is 5.75 Å². The van der Waals surface area contributed by atoms with Crippen molar-refractivity contribution < 1.29 is 28.2 Å². The summed E-state index contributed by atoms with van der Waals surface area (Å²) in [7, 11) is 1.44. The summed E-state index contributed by atoms with van der Waals surface area (Å²) < 4.78 is 24.3. The fourth-order valence-electron chi connectivity index (χ4n) is 3.81. The van der Waals surface area contributed by atoms with Gasteiger partial charge in [-0.25, -0.2) is 9.37 Å². The van der Waals surface area contributed by atoms with Crippen molar-refractivity contribution in [2.75, 3.05) is 12.0 Å². The molecule has 1 amide bonds. The second-order valence-electron chi connectivity index (χ2n) is 7.25. The number of nitrogens with one attached hydrogen (secondary N) is 1. The number of methoxy groups -OCH3 is 1. The number of aromatic amines is 1. The van der Waals surface area contributed by atoms with Crippen molar-refractivity contribution in [3.63, 3.8) is 0 Å². The summed E-state index contributed by atoms with van der Waals surface area (Å²) in [4.78, 5) is 34.5. The highest BCUT2D eigenvalue weighted by Gasteiger charge is 2.49. The first-order valence-electron chi connectivity index (χ1n) is 9.72. The van der Waals surface area contributed by atoms with Gasteiger partial charge in [-0.1, -0.05) is 11.6 Å². The van der Waals surface area contributed by atoms with E-state index in [1.165, 1.54) is 43.7 Å². The van der Waals surface area contributed by atoms with E-state index < -0.39 is 29.3 Å². The van der Waals surface area contributed by atoms with E-state index in [0.717, 1.165) is 4.90 Å². The summed E-state index contributed by atoms with van der Waals surface area (Å²) in [6.45, 7) is 0. The number of aromatic nitrogens is 2. The monoisotopic (exact) mass is 467 g/mol. The van der Waals surface area contributed by atoms with Gasteiger partial charge < -0.3 is 19.2 Å². The molecule has 8 nitrogen and oxygen atoms in total. The first-order valence-corrected chi connectivity index (χ1v) is 10.1. The fourth-order valence-corrected chi connectivity index (χ4v) is 4.01. The first-order chi connectivity index (χ1) is 15.9. The quantitative estimate of drug-likeness (QED) is 0.258. The number of halogens is 2. The highest BCUT2D eigenvalue weighted by Crippen LogP contribution is 2.43. The number of carbonyl (C=O) groups is 2. The van der Waals surface area contributed by atoms with Gasteiger partial charge in [-0.3, -0.25) is 14.5 Å². The summed E-state index contributed by atoms with van der Waals surface area (Å²) in [5, 5.41) is 11.3. The Bertz CT molecular complexity index is 1440. The zero-order valence-electron chi connectivity index (χ0n) is 17.0. The van der Waals surface area contributed by atoms with E-state index in [1.54, 1.807) is 18.2 Å². The molecule has 5 rings (SSSR count). The smallest absolute Gasteiger partial charge is 0.302 e. The largest absolute Gasteiger partial charge is 0.507 e. The summed E-state index contributed by atoms with van der Waals surface area (Å²) in [6.07, 6.45) is 1.38. The minimum absolute atomic E-state index is 0.00473. The molecule has 2 N–H and O–H groups in total. The molecule has 2 aromatic carbocycles. The number of furan rings is 1. The van der Waals surface area contributed by atoms with Gasteiger partial charge in [0, 0.05) is 5.56 Å². The van der Waals surface area contributed by atoms with Crippen molar-refractivity contribution in [1.82, 2.24) is 9.97 Å². The molecule has 2 aromatic heterocycles. The van der Waals surface area contributed by atoms with Crippen LogP contribution in [0.1, 0.15) is 17.4 Å². The van der Waals surface area contributed by atoms with E-state index in [1.807, 2.05) is 0 Å².